The van der Waals surface area contributed by atoms with E-state index in [2.05, 4.69) is 0 Å². The normalized spacial score (nSPS) is 12.2. The molecule has 1 unspecified atom stereocenters. The molecule has 2 aromatic carbocycles. The van der Waals surface area contributed by atoms with Gasteiger partial charge in [0.15, 0.2) is 11.6 Å². The van der Waals surface area contributed by atoms with Crippen LogP contribution in [0.25, 0.3) is 0 Å². The third kappa shape index (κ3) is 2.51. The molecule has 0 amide bonds. The SMILES string of the molecule is COc1ccc(C(O)c2ccc(C)cc2)cc1F. The van der Waals surface area contributed by atoms with Gasteiger partial charge < -0.3 is 9.84 Å². The van der Waals surface area contributed by atoms with E-state index in [1.54, 1.807) is 6.07 Å². The summed E-state index contributed by atoms with van der Waals surface area (Å²) in [6.07, 6.45) is -0.828. The second-order valence-electron chi connectivity index (χ2n) is 4.21. The minimum absolute atomic E-state index is 0.176. The summed E-state index contributed by atoms with van der Waals surface area (Å²) in [6, 6.07) is 12.0. The van der Waals surface area contributed by atoms with E-state index < -0.39 is 11.9 Å². The Hall–Kier alpha value is -1.87. The first kappa shape index (κ1) is 12.6. The molecule has 94 valence electrons. The molecule has 0 aliphatic carbocycles. The average Bonchev–Trinajstić information content (AvgIpc) is 2.38. The van der Waals surface area contributed by atoms with Gasteiger partial charge in [0.05, 0.1) is 7.11 Å². The van der Waals surface area contributed by atoms with Crippen LogP contribution in [0.5, 0.6) is 5.75 Å². The van der Waals surface area contributed by atoms with Crippen LogP contribution < -0.4 is 4.74 Å². The van der Waals surface area contributed by atoms with Gasteiger partial charge in [0.1, 0.15) is 6.10 Å². The quantitative estimate of drug-likeness (QED) is 0.901. The van der Waals surface area contributed by atoms with Gasteiger partial charge in [-0.25, -0.2) is 4.39 Å². The molecule has 18 heavy (non-hydrogen) atoms. The molecule has 0 saturated heterocycles. The van der Waals surface area contributed by atoms with E-state index in [1.165, 1.54) is 19.2 Å². The van der Waals surface area contributed by atoms with Gasteiger partial charge in [-0.2, -0.15) is 0 Å². The summed E-state index contributed by atoms with van der Waals surface area (Å²) >= 11 is 0. The molecule has 0 fully saturated rings. The number of hydrogen-bond acceptors (Lipinski definition) is 2. The Morgan fingerprint density at radius 1 is 1.06 bits per heavy atom. The Bertz CT molecular complexity index is 535. The Labute approximate surface area is 106 Å². The predicted molar refractivity (Wildman–Crippen MR) is 68.2 cm³/mol. The van der Waals surface area contributed by atoms with Gasteiger partial charge in [-0.15, -0.1) is 0 Å². The Balaban J connectivity index is 2.31. The number of aliphatic hydroxyl groups excluding tert-OH is 1. The van der Waals surface area contributed by atoms with Crippen LogP contribution in [-0.2, 0) is 0 Å². The van der Waals surface area contributed by atoms with Crippen LogP contribution in [0.4, 0.5) is 4.39 Å². The number of rotatable bonds is 3. The maximum absolute atomic E-state index is 13.6. The molecule has 1 atom stereocenters. The first-order chi connectivity index (χ1) is 8.61. The standard InChI is InChI=1S/C15H15FO2/c1-10-3-5-11(6-4-10)15(17)12-7-8-14(18-2)13(16)9-12/h3-9,15,17H,1-2H3. The summed E-state index contributed by atoms with van der Waals surface area (Å²) in [5.41, 5.74) is 2.37. The number of ether oxygens (including phenoxy) is 1. The highest BCUT2D eigenvalue weighted by Gasteiger charge is 2.12. The van der Waals surface area contributed by atoms with Crippen molar-refractivity contribution in [3.05, 3.63) is 65.0 Å². The van der Waals surface area contributed by atoms with Crippen molar-refractivity contribution in [2.24, 2.45) is 0 Å². The Morgan fingerprint density at radius 3 is 2.22 bits per heavy atom. The summed E-state index contributed by atoms with van der Waals surface area (Å²) in [5, 5.41) is 10.2. The monoisotopic (exact) mass is 246 g/mol. The summed E-state index contributed by atoms with van der Waals surface area (Å²) in [7, 11) is 1.41. The molecular formula is C15H15FO2. The maximum Gasteiger partial charge on any atom is 0.165 e. The van der Waals surface area contributed by atoms with Gasteiger partial charge in [-0.3, -0.25) is 0 Å². The van der Waals surface area contributed by atoms with Crippen molar-refractivity contribution >= 4 is 0 Å². The van der Waals surface area contributed by atoms with Crippen molar-refractivity contribution in [1.82, 2.24) is 0 Å². The van der Waals surface area contributed by atoms with Crippen LogP contribution >= 0.6 is 0 Å². The molecule has 0 saturated carbocycles. The van der Waals surface area contributed by atoms with Crippen molar-refractivity contribution < 1.29 is 14.2 Å². The summed E-state index contributed by atoms with van der Waals surface area (Å²) < 4.78 is 18.4. The highest BCUT2D eigenvalue weighted by Crippen LogP contribution is 2.26. The topological polar surface area (TPSA) is 29.5 Å². The van der Waals surface area contributed by atoms with Crippen LogP contribution in [0, 0.1) is 12.7 Å². The van der Waals surface area contributed by atoms with Crippen molar-refractivity contribution in [3.8, 4) is 5.75 Å². The molecule has 3 heteroatoms. The molecule has 0 aromatic heterocycles. The molecule has 0 aliphatic rings. The van der Waals surface area contributed by atoms with Gasteiger partial charge in [-0.05, 0) is 30.2 Å². The largest absolute Gasteiger partial charge is 0.494 e. The lowest BCUT2D eigenvalue weighted by Gasteiger charge is -2.13. The van der Waals surface area contributed by atoms with Crippen LogP contribution in [0.3, 0.4) is 0 Å². The van der Waals surface area contributed by atoms with Crippen molar-refractivity contribution in [3.63, 3.8) is 0 Å². The van der Waals surface area contributed by atoms with E-state index in [4.69, 9.17) is 4.74 Å². The number of benzene rings is 2. The van der Waals surface area contributed by atoms with Gasteiger partial charge in [0.2, 0.25) is 0 Å². The molecule has 2 nitrogen and oxygen atoms in total. The van der Waals surface area contributed by atoms with E-state index in [-0.39, 0.29) is 5.75 Å². The van der Waals surface area contributed by atoms with Crippen LogP contribution in [0.2, 0.25) is 0 Å². The fourth-order valence-electron chi connectivity index (χ4n) is 1.79. The molecule has 0 radical (unpaired) electrons. The third-order valence-corrected chi connectivity index (χ3v) is 2.88. The third-order valence-electron chi connectivity index (χ3n) is 2.88. The number of hydrogen-bond donors (Lipinski definition) is 1. The van der Waals surface area contributed by atoms with Crippen LogP contribution in [0.1, 0.15) is 22.8 Å². The second-order valence-corrected chi connectivity index (χ2v) is 4.21. The lowest BCUT2D eigenvalue weighted by atomic mass is 10.0. The van der Waals surface area contributed by atoms with Crippen LogP contribution in [-0.4, -0.2) is 12.2 Å². The number of halogens is 1. The fraction of sp³-hybridized carbons (Fsp3) is 0.200. The van der Waals surface area contributed by atoms with E-state index in [1.807, 2.05) is 31.2 Å². The van der Waals surface area contributed by atoms with Gasteiger partial charge in [0, 0.05) is 0 Å². The highest BCUT2D eigenvalue weighted by molar-refractivity contribution is 5.35. The molecule has 0 heterocycles. The molecule has 0 bridgehead atoms. The first-order valence-electron chi connectivity index (χ1n) is 5.70. The lowest BCUT2D eigenvalue weighted by molar-refractivity contribution is 0.219. The van der Waals surface area contributed by atoms with Gasteiger partial charge in [0.25, 0.3) is 0 Å². The van der Waals surface area contributed by atoms with Crippen LogP contribution in [0.15, 0.2) is 42.5 Å². The maximum atomic E-state index is 13.6. The second kappa shape index (κ2) is 5.19. The molecular weight excluding hydrogens is 231 g/mol. The average molecular weight is 246 g/mol. The molecule has 0 spiro atoms. The zero-order valence-electron chi connectivity index (χ0n) is 10.4. The number of aryl methyl sites for hydroxylation is 1. The van der Waals surface area contributed by atoms with Gasteiger partial charge in [-0.1, -0.05) is 35.9 Å². The molecule has 0 aliphatic heterocycles. The molecule has 2 aromatic rings. The first-order valence-corrected chi connectivity index (χ1v) is 5.70. The highest BCUT2D eigenvalue weighted by atomic mass is 19.1. The molecule has 1 N–H and O–H groups in total. The Morgan fingerprint density at radius 2 is 1.67 bits per heavy atom. The molecule has 2 rings (SSSR count). The summed E-state index contributed by atoms with van der Waals surface area (Å²) in [6.45, 7) is 1.98. The summed E-state index contributed by atoms with van der Waals surface area (Å²) in [4.78, 5) is 0. The number of aliphatic hydroxyl groups is 1. The van der Waals surface area contributed by atoms with E-state index in [0.717, 1.165) is 11.1 Å². The fourth-order valence-corrected chi connectivity index (χ4v) is 1.79. The minimum atomic E-state index is -0.828. The smallest absolute Gasteiger partial charge is 0.165 e. The van der Waals surface area contributed by atoms with Gasteiger partial charge >= 0.3 is 0 Å². The summed E-state index contributed by atoms with van der Waals surface area (Å²) in [5.74, 6) is -0.295. The van der Waals surface area contributed by atoms with Crippen molar-refractivity contribution in [2.45, 2.75) is 13.0 Å². The van der Waals surface area contributed by atoms with Crippen molar-refractivity contribution in [2.75, 3.05) is 7.11 Å². The van der Waals surface area contributed by atoms with E-state index in [9.17, 15) is 9.50 Å². The van der Waals surface area contributed by atoms with E-state index in [0.29, 0.717) is 5.56 Å². The number of methoxy groups -OCH3 is 1. The van der Waals surface area contributed by atoms with E-state index >= 15 is 0 Å². The minimum Gasteiger partial charge on any atom is -0.494 e. The zero-order valence-corrected chi connectivity index (χ0v) is 10.4. The predicted octanol–water partition coefficient (Wildman–Crippen LogP) is 3.22. The van der Waals surface area contributed by atoms with Crippen molar-refractivity contribution in [1.29, 1.82) is 0 Å². The lowest BCUT2D eigenvalue weighted by Crippen LogP contribution is -2.01. The zero-order chi connectivity index (χ0) is 13.1. The Kier molecular flexibility index (Phi) is 3.63.